The van der Waals surface area contributed by atoms with Crippen LogP contribution in [0.25, 0.3) is 0 Å². The first-order valence-corrected chi connectivity index (χ1v) is 6.47. The summed E-state index contributed by atoms with van der Waals surface area (Å²) in [6, 6.07) is 10.5. The van der Waals surface area contributed by atoms with Gasteiger partial charge in [-0.2, -0.15) is 0 Å². The zero-order valence-corrected chi connectivity index (χ0v) is 11.5. The smallest absolute Gasteiger partial charge is 0.335 e. The van der Waals surface area contributed by atoms with Crippen molar-refractivity contribution in [2.45, 2.75) is 19.6 Å². The molecule has 0 aliphatic heterocycles. The average Bonchev–Trinajstić information content (AvgIpc) is 2.45. The predicted octanol–water partition coefficient (Wildman–Crippen LogP) is 3.12. The molecule has 0 saturated carbocycles. The first-order valence-electron chi connectivity index (χ1n) is 6.47. The van der Waals surface area contributed by atoms with E-state index in [9.17, 15) is 9.18 Å². The van der Waals surface area contributed by atoms with E-state index in [4.69, 9.17) is 15.6 Å². The van der Waals surface area contributed by atoms with Crippen LogP contribution in [0.15, 0.2) is 42.5 Å². The molecule has 0 spiro atoms. The second-order valence-corrected chi connectivity index (χ2v) is 4.76. The maximum Gasteiger partial charge on any atom is 0.335 e. The van der Waals surface area contributed by atoms with Crippen molar-refractivity contribution in [3.8, 4) is 5.75 Å². The van der Waals surface area contributed by atoms with Crippen molar-refractivity contribution in [2.75, 3.05) is 0 Å². The van der Waals surface area contributed by atoms with E-state index in [-0.39, 0.29) is 18.2 Å². The number of carboxylic acid groups (broad SMARTS) is 1. The SMILES string of the molecule is CC(N)c1ccc(OCc2ccc(C(=O)O)cc2)cc1F. The highest BCUT2D eigenvalue weighted by atomic mass is 19.1. The average molecular weight is 289 g/mol. The number of carbonyl (C=O) groups is 1. The summed E-state index contributed by atoms with van der Waals surface area (Å²) in [6.45, 7) is 1.94. The zero-order chi connectivity index (χ0) is 15.4. The van der Waals surface area contributed by atoms with Gasteiger partial charge in [-0.1, -0.05) is 18.2 Å². The van der Waals surface area contributed by atoms with Gasteiger partial charge in [0.1, 0.15) is 18.2 Å². The van der Waals surface area contributed by atoms with Crippen LogP contribution in [0.2, 0.25) is 0 Å². The lowest BCUT2D eigenvalue weighted by molar-refractivity contribution is 0.0697. The summed E-state index contributed by atoms with van der Waals surface area (Å²) in [5.74, 6) is -0.973. The summed E-state index contributed by atoms with van der Waals surface area (Å²) < 4.78 is 19.2. The van der Waals surface area contributed by atoms with Gasteiger partial charge in [-0.15, -0.1) is 0 Å². The van der Waals surface area contributed by atoms with Gasteiger partial charge in [0.2, 0.25) is 0 Å². The standard InChI is InChI=1S/C16H16FNO3/c1-10(18)14-7-6-13(8-15(14)17)21-9-11-2-4-12(5-3-11)16(19)20/h2-8,10H,9,18H2,1H3,(H,19,20). The van der Waals surface area contributed by atoms with Crippen molar-refractivity contribution in [3.05, 3.63) is 65.0 Å². The van der Waals surface area contributed by atoms with E-state index >= 15 is 0 Å². The number of halogens is 1. The van der Waals surface area contributed by atoms with Crippen LogP contribution in [0, 0.1) is 5.82 Å². The molecule has 0 amide bonds. The van der Waals surface area contributed by atoms with Crippen molar-refractivity contribution in [1.82, 2.24) is 0 Å². The summed E-state index contributed by atoms with van der Waals surface area (Å²) in [5, 5.41) is 8.80. The van der Waals surface area contributed by atoms with E-state index in [1.807, 2.05) is 0 Å². The lowest BCUT2D eigenvalue weighted by Crippen LogP contribution is -2.07. The molecule has 0 fully saturated rings. The molecule has 2 aromatic carbocycles. The number of ether oxygens (including phenoxy) is 1. The van der Waals surface area contributed by atoms with Crippen molar-refractivity contribution in [3.63, 3.8) is 0 Å². The minimum absolute atomic E-state index is 0.214. The zero-order valence-electron chi connectivity index (χ0n) is 11.5. The first kappa shape index (κ1) is 15.0. The third kappa shape index (κ3) is 3.79. The second kappa shape index (κ2) is 6.37. The molecule has 2 rings (SSSR count). The van der Waals surface area contributed by atoms with Gasteiger partial charge < -0.3 is 15.6 Å². The number of carboxylic acids is 1. The van der Waals surface area contributed by atoms with Crippen LogP contribution < -0.4 is 10.5 Å². The van der Waals surface area contributed by atoms with Crippen LogP contribution in [-0.4, -0.2) is 11.1 Å². The summed E-state index contributed by atoms with van der Waals surface area (Å²) in [4.78, 5) is 10.7. The Labute approximate surface area is 122 Å². The highest BCUT2D eigenvalue weighted by Crippen LogP contribution is 2.21. The number of hydrogen-bond donors (Lipinski definition) is 2. The fourth-order valence-electron chi connectivity index (χ4n) is 1.88. The number of rotatable bonds is 5. The Balaban J connectivity index is 2.02. The van der Waals surface area contributed by atoms with Gasteiger partial charge in [0.05, 0.1) is 5.56 Å². The van der Waals surface area contributed by atoms with Crippen molar-refractivity contribution in [2.24, 2.45) is 5.73 Å². The molecule has 0 heterocycles. The molecule has 0 bridgehead atoms. The molecule has 0 aromatic heterocycles. The summed E-state index contributed by atoms with van der Waals surface area (Å²) in [5.41, 5.74) is 7.09. The predicted molar refractivity (Wildman–Crippen MR) is 76.7 cm³/mol. The third-order valence-corrected chi connectivity index (χ3v) is 3.07. The number of hydrogen-bond acceptors (Lipinski definition) is 3. The van der Waals surface area contributed by atoms with Gasteiger partial charge in [-0.3, -0.25) is 0 Å². The molecule has 0 radical (unpaired) electrons. The summed E-state index contributed by atoms with van der Waals surface area (Å²) in [7, 11) is 0. The minimum Gasteiger partial charge on any atom is -0.489 e. The Hall–Kier alpha value is -2.40. The van der Waals surface area contributed by atoms with Gasteiger partial charge in [0, 0.05) is 17.7 Å². The Bertz CT molecular complexity index is 638. The van der Waals surface area contributed by atoms with Gasteiger partial charge in [0.15, 0.2) is 0 Å². The van der Waals surface area contributed by atoms with Crippen LogP contribution in [-0.2, 0) is 6.61 Å². The van der Waals surface area contributed by atoms with Gasteiger partial charge in [-0.05, 0) is 30.7 Å². The maximum absolute atomic E-state index is 13.7. The van der Waals surface area contributed by atoms with E-state index < -0.39 is 11.8 Å². The second-order valence-electron chi connectivity index (χ2n) is 4.76. The van der Waals surface area contributed by atoms with Crippen molar-refractivity contribution in [1.29, 1.82) is 0 Å². The minimum atomic E-state index is -0.976. The van der Waals surface area contributed by atoms with Crippen LogP contribution >= 0.6 is 0 Å². The van der Waals surface area contributed by atoms with Gasteiger partial charge >= 0.3 is 5.97 Å². The van der Waals surface area contributed by atoms with Crippen LogP contribution in [0.3, 0.4) is 0 Å². The quantitative estimate of drug-likeness (QED) is 0.887. The lowest BCUT2D eigenvalue weighted by atomic mass is 10.1. The van der Waals surface area contributed by atoms with Crippen molar-refractivity contribution < 1.29 is 19.0 Å². The molecule has 5 heteroatoms. The van der Waals surface area contributed by atoms with Crippen LogP contribution in [0.4, 0.5) is 4.39 Å². The fourth-order valence-corrected chi connectivity index (χ4v) is 1.88. The monoisotopic (exact) mass is 289 g/mol. The van der Waals surface area contributed by atoms with E-state index in [1.165, 1.54) is 18.2 Å². The Kier molecular flexibility index (Phi) is 4.55. The molecule has 4 nitrogen and oxygen atoms in total. The Morgan fingerprint density at radius 1 is 1.29 bits per heavy atom. The highest BCUT2D eigenvalue weighted by molar-refractivity contribution is 5.87. The lowest BCUT2D eigenvalue weighted by Gasteiger charge is -2.10. The Morgan fingerprint density at radius 3 is 2.48 bits per heavy atom. The highest BCUT2D eigenvalue weighted by Gasteiger charge is 2.08. The Morgan fingerprint density at radius 2 is 1.95 bits per heavy atom. The van der Waals surface area contributed by atoms with E-state index in [1.54, 1.807) is 31.2 Å². The molecule has 0 saturated heterocycles. The van der Waals surface area contributed by atoms with E-state index in [0.717, 1.165) is 5.56 Å². The fraction of sp³-hybridized carbons (Fsp3) is 0.188. The van der Waals surface area contributed by atoms with Crippen LogP contribution in [0.5, 0.6) is 5.75 Å². The summed E-state index contributed by atoms with van der Waals surface area (Å²) in [6.07, 6.45) is 0. The molecule has 110 valence electrons. The third-order valence-electron chi connectivity index (χ3n) is 3.07. The van der Waals surface area contributed by atoms with Gasteiger partial charge in [0.25, 0.3) is 0 Å². The topological polar surface area (TPSA) is 72.5 Å². The number of aromatic carboxylic acids is 1. The molecule has 0 aliphatic rings. The van der Waals surface area contributed by atoms with Crippen molar-refractivity contribution >= 4 is 5.97 Å². The molecule has 1 atom stereocenters. The molecule has 21 heavy (non-hydrogen) atoms. The molecule has 2 aromatic rings. The molecule has 3 N–H and O–H groups in total. The molecule has 1 unspecified atom stereocenters. The summed E-state index contributed by atoms with van der Waals surface area (Å²) >= 11 is 0. The van der Waals surface area contributed by atoms with Gasteiger partial charge in [-0.25, -0.2) is 9.18 Å². The molecule has 0 aliphatic carbocycles. The molecular formula is C16H16FNO3. The largest absolute Gasteiger partial charge is 0.489 e. The van der Waals surface area contributed by atoms with E-state index in [0.29, 0.717) is 11.3 Å². The maximum atomic E-state index is 13.7. The van der Waals surface area contributed by atoms with E-state index in [2.05, 4.69) is 0 Å². The number of benzene rings is 2. The normalized spacial score (nSPS) is 12.0. The number of nitrogens with two attached hydrogens (primary N) is 1. The van der Waals surface area contributed by atoms with Crippen LogP contribution in [0.1, 0.15) is 34.5 Å². The first-order chi connectivity index (χ1) is 9.97. The molecular weight excluding hydrogens is 273 g/mol.